The van der Waals surface area contributed by atoms with Crippen molar-refractivity contribution in [1.29, 1.82) is 0 Å². The van der Waals surface area contributed by atoms with E-state index in [2.05, 4.69) is 211 Å². The summed E-state index contributed by atoms with van der Waals surface area (Å²) in [6.45, 7) is 0. The topological polar surface area (TPSA) is 3.24 Å². The Kier molecular flexibility index (Phi) is 7.83. The van der Waals surface area contributed by atoms with Gasteiger partial charge in [0.2, 0.25) is 0 Å². The molecule has 63 heavy (non-hydrogen) atoms. The maximum absolute atomic E-state index is 2.51. The van der Waals surface area contributed by atoms with Crippen molar-refractivity contribution in [3.8, 4) is 22.3 Å². The zero-order valence-electron chi connectivity index (χ0n) is 33.9. The van der Waals surface area contributed by atoms with E-state index in [1.165, 1.54) is 120 Å². The molecule has 0 amide bonds. The zero-order chi connectivity index (χ0) is 41.2. The molecule has 0 spiro atoms. The Morgan fingerprint density at radius 3 is 1.65 bits per heavy atom. The molecule has 14 rings (SSSR count). The van der Waals surface area contributed by atoms with Crippen LogP contribution in [0.4, 0.5) is 17.1 Å². The maximum atomic E-state index is 2.51. The lowest BCUT2D eigenvalue weighted by molar-refractivity contribution is 1.32. The van der Waals surface area contributed by atoms with E-state index < -0.39 is 8.80 Å². The molecule has 1 unspecified atom stereocenters. The maximum Gasteiger partial charge on any atom is 0.134 e. The summed E-state index contributed by atoms with van der Waals surface area (Å²) in [5, 5.41) is 15.2. The summed E-state index contributed by atoms with van der Waals surface area (Å²) >= 11 is 5.70. The van der Waals surface area contributed by atoms with Crippen LogP contribution in [0.3, 0.4) is 0 Å². The van der Waals surface area contributed by atoms with Gasteiger partial charge < -0.3 is 4.90 Å². The van der Waals surface area contributed by atoms with Crippen LogP contribution < -0.4 is 20.5 Å². The molecule has 1 aliphatic heterocycles. The molecule has 0 saturated heterocycles. The van der Waals surface area contributed by atoms with E-state index in [0.29, 0.717) is 0 Å². The van der Waals surface area contributed by atoms with Crippen LogP contribution in [0.1, 0.15) is 0 Å². The van der Waals surface area contributed by atoms with Gasteiger partial charge in [-0.05, 0) is 91.9 Å². The quantitative estimate of drug-likeness (QED) is 0.156. The second-order valence-electron chi connectivity index (χ2n) is 16.7. The highest BCUT2D eigenvalue weighted by Gasteiger charge is 2.33. The fourth-order valence-corrected chi connectivity index (χ4v) is 17.6. The molecule has 0 aliphatic carbocycles. The first-order valence-electron chi connectivity index (χ1n) is 21.5. The molecular weight excluding hydrogens is 835 g/mol. The Bertz CT molecular complexity index is 3880. The van der Waals surface area contributed by atoms with Gasteiger partial charge in [0.15, 0.2) is 0 Å². The molecule has 13 aromatic rings. The van der Waals surface area contributed by atoms with E-state index in [9.17, 15) is 0 Å². The lowest BCUT2D eigenvalue weighted by atomic mass is 9.92. The van der Waals surface area contributed by atoms with Crippen molar-refractivity contribution < 1.29 is 0 Å². The normalized spacial score (nSPS) is 13.6. The summed E-state index contributed by atoms with van der Waals surface area (Å²) in [6, 6.07) is 77.7. The van der Waals surface area contributed by atoms with E-state index in [1.54, 1.807) is 0 Å². The highest BCUT2D eigenvalue weighted by molar-refractivity contribution is 7.27. The molecule has 1 nitrogen and oxygen atoms in total. The number of anilines is 3. The van der Waals surface area contributed by atoms with Crippen LogP contribution in [-0.2, 0) is 0 Å². The van der Waals surface area contributed by atoms with E-state index in [1.807, 2.05) is 34.0 Å². The van der Waals surface area contributed by atoms with Gasteiger partial charge in [-0.15, -0.1) is 34.0 Å². The molecule has 1 aliphatic rings. The molecule has 5 heteroatoms. The van der Waals surface area contributed by atoms with Crippen LogP contribution in [0, 0.1) is 0 Å². The van der Waals surface area contributed by atoms with Crippen molar-refractivity contribution in [2.45, 2.75) is 0 Å². The average molecular weight is 870 g/mol. The van der Waals surface area contributed by atoms with Gasteiger partial charge in [0.05, 0.1) is 20.8 Å². The number of hydrogen-bond donors (Lipinski definition) is 0. The van der Waals surface area contributed by atoms with Crippen LogP contribution in [0.25, 0.3) is 93.5 Å². The molecule has 1 atom stereocenters. The Labute approximate surface area is 377 Å². The predicted molar refractivity (Wildman–Crippen MR) is 281 cm³/mol. The van der Waals surface area contributed by atoms with Gasteiger partial charge in [0.1, 0.15) is 8.80 Å². The Morgan fingerprint density at radius 1 is 0.349 bits per heavy atom. The van der Waals surface area contributed by atoms with Gasteiger partial charge in [0.25, 0.3) is 0 Å². The molecule has 3 aromatic heterocycles. The monoisotopic (exact) mass is 869 g/mol. The summed E-state index contributed by atoms with van der Waals surface area (Å²) in [7, 11) is -1.66. The van der Waals surface area contributed by atoms with E-state index in [0.717, 1.165) is 5.69 Å². The van der Waals surface area contributed by atoms with Crippen molar-refractivity contribution in [3.63, 3.8) is 0 Å². The predicted octanol–water partition coefficient (Wildman–Crippen LogP) is 15.3. The summed E-state index contributed by atoms with van der Waals surface area (Å²) in [5.74, 6) is 0. The number of benzene rings is 10. The number of hydrogen-bond acceptors (Lipinski definition) is 4. The van der Waals surface area contributed by atoms with E-state index >= 15 is 0 Å². The molecule has 0 radical (unpaired) electrons. The summed E-state index contributed by atoms with van der Waals surface area (Å²) in [4.78, 5) is 2.51. The van der Waals surface area contributed by atoms with Crippen LogP contribution in [0.15, 0.2) is 206 Å². The Balaban J connectivity index is 0.986. The molecule has 294 valence electrons. The first kappa shape index (κ1) is 35.7. The fraction of sp³-hybridized carbons (Fsp3) is 0. The SMILES string of the molecule is c1ccc([SiH]2c3ccccc3-c3c2ccc2ccc4sc5cccc(-c6ccc(N(c7cccc8c7sc7ccccc78)c7cccc8c7sc7ccccc78)cc6)c5c4c32)cc1. The second-order valence-corrected chi connectivity index (χ2v) is 22.6. The van der Waals surface area contributed by atoms with E-state index in [4.69, 9.17) is 0 Å². The average Bonchev–Trinajstić information content (AvgIpc) is 4.12. The number of thiophene rings is 3. The van der Waals surface area contributed by atoms with Crippen LogP contribution in [0.5, 0.6) is 0 Å². The van der Waals surface area contributed by atoms with Gasteiger partial charge in [-0.1, -0.05) is 163 Å². The molecule has 0 saturated carbocycles. The van der Waals surface area contributed by atoms with Gasteiger partial charge in [-0.2, -0.15) is 0 Å². The number of rotatable bonds is 5. The minimum Gasteiger partial charge on any atom is -0.308 e. The van der Waals surface area contributed by atoms with Gasteiger partial charge in [-0.3, -0.25) is 0 Å². The Hall–Kier alpha value is -6.86. The van der Waals surface area contributed by atoms with Crippen LogP contribution in [0.2, 0.25) is 0 Å². The number of fused-ring (bicyclic) bond motifs is 15. The lowest BCUT2D eigenvalue weighted by Gasteiger charge is -2.27. The lowest BCUT2D eigenvalue weighted by Crippen LogP contribution is -2.48. The smallest absolute Gasteiger partial charge is 0.134 e. The summed E-state index contributed by atoms with van der Waals surface area (Å²) in [6.07, 6.45) is 0. The zero-order valence-corrected chi connectivity index (χ0v) is 37.5. The third-order valence-electron chi connectivity index (χ3n) is 13.3. The van der Waals surface area contributed by atoms with Gasteiger partial charge in [0, 0.05) is 56.8 Å². The summed E-state index contributed by atoms with van der Waals surface area (Å²) < 4.78 is 7.89. The molecule has 10 aromatic carbocycles. The van der Waals surface area contributed by atoms with Crippen molar-refractivity contribution in [3.05, 3.63) is 206 Å². The van der Waals surface area contributed by atoms with Crippen molar-refractivity contribution in [1.82, 2.24) is 0 Å². The fourth-order valence-electron chi connectivity index (χ4n) is 10.7. The van der Waals surface area contributed by atoms with Crippen molar-refractivity contribution >= 4 is 147 Å². The third kappa shape index (κ3) is 5.25. The Morgan fingerprint density at radius 2 is 0.921 bits per heavy atom. The van der Waals surface area contributed by atoms with Gasteiger partial charge >= 0.3 is 0 Å². The standard InChI is InChI=1S/C58H35NS3Si/c1-2-13-38(14-3-1)63-51-26-9-6-17-44(51)55-52(63)34-30-36-29-33-50-56(53(36)55)54-39(18-12-25-49(54)60-50)35-27-31-37(32-28-35)59(45-21-10-19-42-40-15-4-7-23-47(40)61-57(42)45)46-22-11-20-43-41-16-5-8-24-48(41)62-58(43)46/h1-34,63H. The molecule has 0 bridgehead atoms. The first-order chi connectivity index (χ1) is 31.3. The largest absolute Gasteiger partial charge is 0.308 e. The first-order valence-corrected chi connectivity index (χ1v) is 25.7. The molecule has 4 heterocycles. The highest BCUT2D eigenvalue weighted by atomic mass is 32.1. The van der Waals surface area contributed by atoms with Crippen molar-refractivity contribution in [2.75, 3.05) is 4.90 Å². The molecule has 0 N–H and O–H groups in total. The molecule has 0 fully saturated rings. The van der Waals surface area contributed by atoms with Crippen LogP contribution >= 0.6 is 34.0 Å². The number of nitrogens with zero attached hydrogens (tertiary/aromatic N) is 1. The second kappa shape index (κ2) is 13.8. The van der Waals surface area contributed by atoms with Gasteiger partial charge in [-0.25, -0.2) is 0 Å². The summed E-state index contributed by atoms with van der Waals surface area (Å²) in [5.41, 5.74) is 8.92. The highest BCUT2D eigenvalue weighted by Crippen LogP contribution is 2.50. The third-order valence-corrected chi connectivity index (χ3v) is 20.2. The van der Waals surface area contributed by atoms with E-state index in [-0.39, 0.29) is 0 Å². The molecular formula is C58H35NS3Si. The van der Waals surface area contributed by atoms with Crippen molar-refractivity contribution in [2.24, 2.45) is 0 Å². The van der Waals surface area contributed by atoms with Crippen LogP contribution in [-0.4, -0.2) is 8.80 Å². The minimum atomic E-state index is -1.66. The minimum absolute atomic E-state index is 1.15.